The summed E-state index contributed by atoms with van der Waals surface area (Å²) in [5.74, 6) is 0.609. The normalized spacial score (nSPS) is 10.6. The monoisotopic (exact) mass is 273 g/mol. The zero-order chi connectivity index (χ0) is 14.4. The maximum absolute atomic E-state index is 13.4. The number of aromatic nitrogens is 1. The van der Waals surface area contributed by atoms with Crippen LogP contribution in [0, 0.1) is 5.82 Å². The van der Waals surface area contributed by atoms with Gasteiger partial charge in [-0.3, -0.25) is 0 Å². The van der Waals surface area contributed by atoms with E-state index in [9.17, 15) is 4.39 Å². The van der Waals surface area contributed by atoms with Gasteiger partial charge in [0.15, 0.2) is 0 Å². The summed E-state index contributed by atoms with van der Waals surface area (Å²) in [5, 5.41) is 3.26. The number of benzene rings is 1. The molecule has 0 saturated carbocycles. The molecule has 1 aromatic carbocycles. The Morgan fingerprint density at radius 2 is 1.95 bits per heavy atom. The van der Waals surface area contributed by atoms with Gasteiger partial charge in [-0.2, -0.15) is 0 Å². The Morgan fingerprint density at radius 1 is 1.15 bits per heavy atom. The van der Waals surface area contributed by atoms with E-state index in [0.29, 0.717) is 0 Å². The summed E-state index contributed by atoms with van der Waals surface area (Å²) in [5.41, 5.74) is 1.81. The molecule has 0 radical (unpaired) electrons. The molecule has 2 rings (SSSR count). The van der Waals surface area contributed by atoms with Crippen LogP contribution in [0.3, 0.4) is 0 Å². The molecule has 4 heteroatoms. The maximum atomic E-state index is 13.4. The van der Waals surface area contributed by atoms with Crippen LogP contribution >= 0.6 is 0 Å². The Kier molecular flexibility index (Phi) is 5.07. The number of halogens is 1. The van der Waals surface area contributed by atoms with E-state index in [1.807, 2.05) is 36.1 Å². The number of rotatable bonds is 6. The van der Waals surface area contributed by atoms with Gasteiger partial charge in [-0.1, -0.05) is 19.1 Å². The van der Waals surface area contributed by atoms with Crippen molar-refractivity contribution in [3.63, 3.8) is 0 Å². The molecule has 0 spiro atoms. The van der Waals surface area contributed by atoms with Crippen LogP contribution < -0.4 is 10.2 Å². The van der Waals surface area contributed by atoms with Crippen LogP contribution in [0.1, 0.15) is 19.5 Å². The molecule has 0 fully saturated rings. The van der Waals surface area contributed by atoms with Crippen molar-refractivity contribution in [1.29, 1.82) is 0 Å². The lowest BCUT2D eigenvalue weighted by molar-refractivity contribution is 0.627. The molecule has 1 aromatic heterocycles. The van der Waals surface area contributed by atoms with Crippen molar-refractivity contribution in [3.8, 4) is 0 Å². The lowest BCUT2D eigenvalue weighted by Gasteiger charge is -2.22. The van der Waals surface area contributed by atoms with Gasteiger partial charge in [0, 0.05) is 18.8 Å². The molecule has 2 aromatic rings. The molecule has 0 aliphatic carbocycles. The second-order valence-corrected chi connectivity index (χ2v) is 4.49. The average Bonchev–Trinajstić information content (AvgIpc) is 2.46. The highest BCUT2D eigenvalue weighted by atomic mass is 19.1. The van der Waals surface area contributed by atoms with E-state index < -0.39 is 0 Å². The lowest BCUT2D eigenvalue weighted by atomic mass is 10.2. The van der Waals surface area contributed by atoms with Crippen molar-refractivity contribution < 1.29 is 4.39 Å². The number of hydrogen-bond donors (Lipinski definition) is 1. The zero-order valence-corrected chi connectivity index (χ0v) is 11.9. The molecular formula is C16H20FN3. The molecule has 0 aliphatic heterocycles. The van der Waals surface area contributed by atoms with Gasteiger partial charge in [-0.05, 0) is 43.8 Å². The van der Waals surface area contributed by atoms with Gasteiger partial charge in [-0.25, -0.2) is 9.37 Å². The van der Waals surface area contributed by atoms with Gasteiger partial charge in [0.25, 0.3) is 0 Å². The minimum Gasteiger partial charge on any atom is -0.327 e. The Hall–Kier alpha value is -1.94. The molecular weight excluding hydrogens is 253 g/mol. The standard InChI is InChI=1S/C16H20FN3/c1-3-18-12-14-8-6-10-16(19-14)20(4-2)15-9-5-7-13(17)11-15/h5-11,18H,3-4,12H2,1-2H3. The van der Waals surface area contributed by atoms with Crippen LogP contribution in [0.5, 0.6) is 0 Å². The summed E-state index contributed by atoms with van der Waals surface area (Å²) in [4.78, 5) is 6.63. The Bertz CT molecular complexity index is 557. The molecule has 0 bridgehead atoms. The molecule has 0 atom stereocenters. The molecule has 0 saturated heterocycles. The van der Waals surface area contributed by atoms with Crippen LogP contribution in [-0.2, 0) is 6.54 Å². The number of anilines is 2. The molecule has 20 heavy (non-hydrogen) atoms. The van der Waals surface area contributed by atoms with E-state index in [1.54, 1.807) is 6.07 Å². The highest BCUT2D eigenvalue weighted by molar-refractivity contribution is 5.59. The number of nitrogens with one attached hydrogen (secondary N) is 1. The van der Waals surface area contributed by atoms with Crippen molar-refractivity contribution in [2.45, 2.75) is 20.4 Å². The third kappa shape index (κ3) is 3.54. The van der Waals surface area contributed by atoms with Crippen molar-refractivity contribution in [2.24, 2.45) is 0 Å². The van der Waals surface area contributed by atoms with E-state index in [0.717, 1.165) is 36.8 Å². The first kappa shape index (κ1) is 14.5. The van der Waals surface area contributed by atoms with E-state index in [1.165, 1.54) is 12.1 Å². The second kappa shape index (κ2) is 7.01. The smallest absolute Gasteiger partial charge is 0.133 e. The molecule has 3 nitrogen and oxygen atoms in total. The average molecular weight is 273 g/mol. The van der Waals surface area contributed by atoms with Crippen molar-refractivity contribution >= 4 is 11.5 Å². The fraction of sp³-hybridized carbons (Fsp3) is 0.312. The SMILES string of the molecule is CCNCc1cccc(N(CC)c2cccc(F)c2)n1. The fourth-order valence-electron chi connectivity index (χ4n) is 2.09. The third-order valence-corrected chi connectivity index (χ3v) is 3.06. The summed E-state index contributed by atoms with van der Waals surface area (Å²) >= 11 is 0. The molecule has 0 unspecified atom stereocenters. The molecule has 1 N–H and O–H groups in total. The molecule has 106 valence electrons. The van der Waals surface area contributed by atoms with Crippen molar-refractivity contribution in [1.82, 2.24) is 10.3 Å². The largest absolute Gasteiger partial charge is 0.327 e. The van der Waals surface area contributed by atoms with E-state index >= 15 is 0 Å². The third-order valence-electron chi connectivity index (χ3n) is 3.06. The first-order valence-electron chi connectivity index (χ1n) is 6.94. The lowest BCUT2D eigenvalue weighted by Crippen LogP contribution is -2.19. The fourth-order valence-corrected chi connectivity index (χ4v) is 2.09. The highest BCUT2D eigenvalue weighted by Crippen LogP contribution is 2.24. The first-order chi connectivity index (χ1) is 9.74. The van der Waals surface area contributed by atoms with Crippen LogP contribution in [-0.4, -0.2) is 18.1 Å². The Morgan fingerprint density at radius 3 is 2.65 bits per heavy atom. The maximum Gasteiger partial charge on any atom is 0.133 e. The van der Waals surface area contributed by atoms with E-state index in [4.69, 9.17) is 0 Å². The van der Waals surface area contributed by atoms with Gasteiger partial charge >= 0.3 is 0 Å². The van der Waals surface area contributed by atoms with Gasteiger partial charge < -0.3 is 10.2 Å². The quantitative estimate of drug-likeness (QED) is 0.873. The van der Waals surface area contributed by atoms with Crippen LogP contribution in [0.15, 0.2) is 42.5 Å². The van der Waals surface area contributed by atoms with Crippen LogP contribution in [0.25, 0.3) is 0 Å². The van der Waals surface area contributed by atoms with Gasteiger partial charge in [0.05, 0.1) is 5.69 Å². The zero-order valence-electron chi connectivity index (χ0n) is 11.9. The minimum atomic E-state index is -0.232. The van der Waals surface area contributed by atoms with Gasteiger partial charge in [0.2, 0.25) is 0 Å². The predicted octanol–water partition coefficient (Wildman–Crippen LogP) is 3.49. The number of pyridine rings is 1. The minimum absolute atomic E-state index is 0.232. The van der Waals surface area contributed by atoms with Crippen LogP contribution in [0.2, 0.25) is 0 Å². The highest BCUT2D eigenvalue weighted by Gasteiger charge is 2.09. The summed E-state index contributed by atoms with van der Waals surface area (Å²) in [6.45, 7) is 6.48. The van der Waals surface area contributed by atoms with E-state index in [2.05, 4.69) is 17.2 Å². The topological polar surface area (TPSA) is 28.2 Å². The molecule has 1 heterocycles. The van der Waals surface area contributed by atoms with Gasteiger partial charge in [-0.15, -0.1) is 0 Å². The summed E-state index contributed by atoms with van der Waals surface area (Å²) in [6.07, 6.45) is 0. The van der Waals surface area contributed by atoms with Crippen LogP contribution in [0.4, 0.5) is 15.9 Å². The number of nitrogens with zero attached hydrogens (tertiary/aromatic N) is 2. The Balaban J connectivity index is 2.27. The Labute approximate surface area is 119 Å². The predicted molar refractivity (Wildman–Crippen MR) is 80.7 cm³/mol. The second-order valence-electron chi connectivity index (χ2n) is 4.49. The summed E-state index contributed by atoms with van der Waals surface area (Å²) in [7, 11) is 0. The van der Waals surface area contributed by atoms with Crippen molar-refractivity contribution in [3.05, 3.63) is 54.0 Å². The molecule has 0 amide bonds. The molecule has 0 aliphatic rings. The van der Waals surface area contributed by atoms with Crippen molar-refractivity contribution in [2.75, 3.05) is 18.0 Å². The first-order valence-corrected chi connectivity index (χ1v) is 6.94. The number of hydrogen-bond acceptors (Lipinski definition) is 3. The van der Waals surface area contributed by atoms with E-state index in [-0.39, 0.29) is 5.82 Å². The summed E-state index contributed by atoms with van der Waals surface area (Å²) in [6, 6.07) is 12.5. The van der Waals surface area contributed by atoms with Gasteiger partial charge in [0.1, 0.15) is 11.6 Å². The summed E-state index contributed by atoms with van der Waals surface area (Å²) < 4.78 is 13.4.